The highest BCUT2D eigenvalue weighted by atomic mass is 32.1. The summed E-state index contributed by atoms with van der Waals surface area (Å²) < 4.78 is 5.18. The molecule has 2 aliphatic rings. The highest BCUT2D eigenvalue weighted by Crippen LogP contribution is 2.39. The molecule has 0 spiro atoms. The van der Waals surface area contributed by atoms with E-state index >= 15 is 0 Å². The summed E-state index contributed by atoms with van der Waals surface area (Å²) in [7, 11) is 1.64. The molecule has 1 aromatic carbocycles. The van der Waals surface area contributed by atoms with Crippen LogP contribution in [0.25, 0.3) is 0 Å². The Balaban J connectivity index is 1.18. The lowest BCUT2D eigenvalue weighted by molar-refractivity contribution is -0.133. The van der Waals surface area contributed by atoms with Crippen molar-refractivity contribution >= 4 is 28.2 Å². The Kier molecular flexibility index (Phi) is 8.42. The number of hydrogen-bond donors (Lipinski definition) is 1. The minimum atomic E-state index is -0.0499. The Labute approximate surface area is 211 Å². The molecule has 1 unspecified atom stereocenters. The van der Waals surface area contributed by atoms with E-state index in [1.54, 1.807) is 18.4 Å². The number of nitriles is 1. The van der Waals surface area contributed by atoms with Crippen LogP contribution in [0.3, 0.4) is 0 Å². The number of piperazine rings is 1. The summed E-state index contributed by atoms with van der Waals surface area (Å²) in [6.07, 6.45) is 4.62. The van der Waals surface area contributed by atoms with Crippen molar-refractivity contribution in [2.45, 2.75) is 45.4 Å². The number of carbonyl (C=O) groups is 2. The molecule has 8 heteroatoms. The van der Waals surface area contributed by atoms with Crippen LogP contribution in [0.2, 0.25) is 0 Å². The van der Waals surface area contributed by atoms with Gasteiger partial charge in [0.1, 0.15) is 16.8 Å². The lowest BCUT2D eigenvalue weighted by Crippen LogP contribution is -2.49. The Morgan fingerprint density at radius 1 is 1.17 bits per heavy atom. The lowest BCUT2D eigenvalue weighted by Gasteiger charge is -2.34. The Hall–Kier alpha value is -2.89. The third kappa shape index (κ3) is 6.41. The molecule has 2 amide bonds. The van der Waals surface area contributed by atoms with Gasteiger partial charge in [-0.3, -0.25) is 14.5 Å². The fourth-order valence-electron chi connectivity index (χ4n) is 4.83. The second-order valence-corrected chi connectivity index (χ2v) is 10.6. The minimum absolute atomic E-state index is 0.0499. The van der Waals surface area contributed by atoms with Gasteiger partial charge in [-0.2, -0.15) is 5.26 Å². The zero-order valence-corrected chi connectivity index (χ0v) is 21.5. The highest BCUT2D eigenvalue weighted by molar-refractivity contribution is 7.16. The Morgan fingerprint density at radius 2 is 1.91 bits per heavy atom. The first-order chi connectivity index (χ1) is 17.0. The van der Waals surface area contributed by atoms with Gasteiger partial charge < -0.3 is 15.0 Å². The molecule has 0 bridgehead atoms. The number of nitrogens with one attached hydrogen (secondary N) is 1. The largest absolute Gasteiger partial charge is 0.497 e. The number of ether oxygens (including phenoxy) is 1. The van der Waals surface area contributed by atoms with Crippen LogP contribution in [0.1, 0.15) is 47.8 Å². The third-order valence-electron chi connectivity index (χ3n) is 7.04. The molecule has 1 aliphatic heterocycles. The maximum absolute atomic E-state index is 12.6. The summed E-state index contributed by atoms with van der Waals surface area (Å²) >= 11 is 1.57. The number of nitrogens with zero attached hydrogens (tertiary/aromatic N) is 3. The number of methoxy groups -OCH3 is 1. The molecule has 1 saturated heterocycles. The number of fused-ring (bicyclic) bond motifs is 1. The summed E-state index contributed by atoms with van der Waals surface area (Å²) in [5.41, 5.74) is 2.93. The van der Waals surface area contributed by atoms with Crippen molar-refractivity contribution in [3.63, 3.8) is 0 Å². The number of aryl methyl sites for hydroxylation is 1. The van der Waals surface area contributed by atoms with Crippen LogP contribution < -0.4 is 10.1 Å². The van der Waals surface area contributed by atoms with Crippen LogP contribution in [-0.4, -0.2) is 61.4 Å². The van der Waals surface area contributed by atoms with E-state index in [1.165, 1.54) is 4.88 Å². The molecule has 35 heavy (non-hydrogen) atoms. The average Bonchev–Trinajstić information content (AvgIpc) is 3.22. The van der Waals surface area contributed by atoms with Gasteiger partial charge in [0.2, 0.25) is 11.8 Å². The summed E-state index contributed by atoms with van der Waals surface area (Å²) in [6.45, 7) is 5.83. The average molecular weight is 495 g/mol. The van der Waals surface area contributed by atoms with Gasteiger partial charge in [0.05, 0.1) is 12.7 Å². The smallest absolute Gasteiger partial charge is 0.226 e. The Morgan fingerprint density at radius 3 is 2.60 bits per heavy atom. The maximum Gasteiger partial charge on any atom is 0.226 e. The number of thiophene rings is 1. The second kappa shape index (κ2) is 11.7. The molecule has 4 rings (SSSR count). The van der Waals surface area contributed by atoms with E-state index in [2.05, 4.69) is 23.2 Å². The zero-order chi connectivity index (χ0) is 24.8. The third-order valence-corrected chi connectivity index (χ3v) is 8.21. The van der Waals surface area contributed by atoms with E-state index in [4.69, 9.17) is 4.74 Å². The van der Waals surface area contributed by atoms with Gasteiger partial charge in [-0.05, 0) is 54.9 Å². The Bertz CT molecular complexity index is 1080. The van der Waals surface area contributed by atoms with Crippen molar-refractivity contribution in [3.8, 4) is 11.8 Å². The van der Waals surface area contributed by atoms with Gasteiger partial charge in [0.15, 0.2) is 0 Å². The van der Waals surface area contributed by atoms with Crippen molar-refractivity contribution in [1.82, 2.24) is 9.80 Å². The van der Waals surface area contributed by atoms with Gasteiger partial charge in [-0.15, -0.1) is 11.3 Å². The van der Waals surface area contributed by atoms with E-state index in [0.717, 1.165) is 55.6 Å². The van der Waals surface area contributed by atoms with Crippen LogP contribution in [-0.2, 0) is 28.9 Å². The fourth-order valence-corrected chi connectivity index (χ4v) is 6.21. The van der Waals surface area contributed by atoms with Crippen molar-refractivity contribution < 1.29 is 14.3 Å². The van der Waals surface area contributed by atoms with Crippen LogP contribution in [0, 0.1) is 17.2 Å². The SMILES string of the molecule is COc1ccc(CCC(=O)N2CCN(CCC(=O)Nc3sc4c(c3C#N)CCC(C)C4)CC2)cc1. The van der Waals surface area contributed by atoms with Gasteiger partial charge in [-0.1, -0.05) is 19.1 Å². The number of rotatable bonds is 8. The number of amides is 2. The van der Waals surface area contributed by atoms with Crippen molar-refractivity contribution in [1.29, 1.82) is 5.26 Å². The van der Waals surface area contributed by atoms with Crippen LogP contribution >= 0.6 is 11.3 Å². The van der Waals surface area contributed by atoms with E-state index in [-0.39, 0.29) is 11.8 Å². The molecule has 1 fully saturated rings. The summed E-state index contributed by atoms with van der Waals surface area (Å²) in [6, 6.07) is 10.2. The molecule has 0 radical (unpaired) electrons. The minimum Gasteiger partial charge on any atom is -0.497 e. The van der Waals surface area contributed by atoms with Crippen molar-refractivity contribution in [2.75, 3.05) is 45.2 Å². The van der Waals surface area contributed by atoms with Crippen molar-refractivity contribution in [3.05, 3.63) is 45.8 Å². The van der Waals surface area contributed by atoms with Crippen LogP contribution in [0.5, 0.6) is 5.75 Å². The van der Waals surface area contributed by atoms with Gasteiger partial charge in [-0.25, -0.2) is 0 Å². The summed E-state index contributed by atoms with van der Waals surface area (Å²) in [5.74, 6) is 1.58. The first-order valence-electron chi connectivity index (χ1n) is 12.4. The number of benzene rings is 1. The van der Waals surface area contributed by atoms with Crippen LogP contribution in [0.4, 0.5) is 5.00 Å². The molecular weight excluding hydrogens is 460 g/mol. The predicted molar refractivity (Wildman–Crippen MR) is 138 cm³/mol. The standard InChI is InChI=1S/C27H34N4O3S/c1-19-3-9-22-23(18-28)27(35-24(22)17-19)29-25(32)11-12-30-13-15-31(16-14-30)26(33)10-6-20-4-7-21(34-2)8-5-20/h4-5,7-8,19H,3,6,9-17H2,1-2H3,(H,29,32). The molecule has 7 nitrogen and oxygen atoms in total. The highest BCUT2D eigenvalue weighted by Gasteiger charge is 2.25. The van der Waals surface area contributed by atoms with E-state index < -0.39 is 0 Å². The molecule has 1 aromatic heterocycles. The lowest BCUT2D eigenvalue weighted by atomic mass is 9.89. The normalized spacial score (nSPS) is 18.0. The number of anilines is 1. The molecular formula is C27H34N4O3S. The first-order valence-corrected chi connectivity index (χ1v) is 13.3. The molecule has 0 saturated carbocycles. The van der Waals surface area contributed by atoms with E-state index in [9.17, 15) is 14.9 Å². The number of hydrogen-bond acceptors (Lipinski definition) is 6. The molecule has 1 atom stereocenters. The molecule has 186 valence electrons. The quantitative estimate of drug-likeness (QED) is 0.602. The zero-order valence-electron chi connectivity index (χ0n) is 20.6. The molecule has 1 N–H and O–H groups in total. The summed E-state index contributed by atoms with van der Waals surface area (Å²) in [4.78, 5) is 30.7. The van der Waals surface area contributed by atoms with E-state index in [1.807, 2.05) is 29.2 Å². The fraction of sp³-hybridized carbons (Fsp3) is 0.519. The summed E-state index contributed by atoms with van der Waals surface area (Å²) in [5, 5.41) is 13.3. The maximum atomic E-state index is 12.6. The molecule has 1 aliphatic carbocycles. The van der Waals surface area contributed by atoms with Gasteiger partial charge >= 0.3 is 0 Å². The topological polar surface area (TPSA) is 85.7 Å². The van der Waals surface area contributed by atoms with Crippen LogP contribution in [0.15, 0.2) is 24.3 Å². The predicted octanol–water partition coefficient (Wildman–Crippen LogP) is 3.86. The van der Waals surface area contributed by atoms with Crippen molar-refractivity contribution in [2.24, 2.45) is 5.92 Å². The number of carbonyl (C=O) groups excluding carboxylic acids is 2. The van der Waals surface area contributed by atoms with Gasteiger partial charge in [0.25, 0.3) is 0 Å². The first kappa shape index (κ1) is 25.2. The molecule has 2 heterocycles. The van der Waals surface area contributed by atoms with Gasteiger partial charge in [0, 0.05) is 50.4 Å². The van der Waals surface area contributed by atoms with E-state index in [0.29, 0.717) is 49.0 Å². The molecule has 2 aromatic rings. The monoisotopic (exact) mass is 494 g/mol. The second-order valence-electron chi connectivity index (χ2n) is 9.54.